The lowest BCUT2D eigenvalue weighted by Crippen LogP contribution is -2.31. The highest BCUT2D eigenvalue weighted by Gasteiger charge is 2.23. The third-order valence-corrected chi connectivity index (χ3v) is 6.36. The first-order valence-electron chi connectivity index (χ1n) is 9.92. The van der Waals surface area contributed by atoms with Gasteiger partial charge in [0.2, 0.25) is 5.91 Å². The highest BCUT2D eigenvalue weighted by Crippen LogP contribution is 2.28. The second-order valence-electron chi connectivity index (χ2n) is 7.31. The predicted octanol–water partition coefficient (Wildman–Crippen LogP) is 4.55. The maximum absolute atomic E-state index is 12.9. The standard InChI is InChI=1S/C21H28ClN5OS/c1-5-26(17-8-6-7-9-17)19(28)14-29-21-24-23-20(15(2)25(3)4)27(21)18-12-10-16(22)11-13-18/h8,10-13,15H,5-7,9,14H2,1-4H3. The highest BCUT2D eigenvalue weighted by molar-refractivity contribution is 7.99. The van der Waals surface area contributed by atoms with E-state index >= 15 is 0 Å². The molecule has 8 heteroatoms. The van der Waals surface area contributed by atoms with Crippen LogP contribution in [0.3, 0.4) is 0 Å². The molecule has 1 aliphatic carbocycles. The number of carbonyl (C=O) groups is 1. The lowest BCUT2D eigenvalue weighted by Gasteiger charge is -2.22. The van der Waals surface area contributed by atoms with Crippen LogP contribution in [0.25, 0.3) is 5.69 Å². The lowest BCUT2D eigenvalue weighted by molar-refractivity contribution is -0.126. The van der Waals surface area contributed by atoms with Gasteiger partial charge >= 0.3 is 0 Å². The van der Waals surface area contributed by atoms with E-state index in [4.69, 9.17) is 11.6 Å². The van der Waals surface area contributed by atoms with Gasteiger partial charge in [0, 0.05) is 23.0 Å². The van der Waals surface area contributed by atoms with Crippen molar-refractivity contribution in [3.63, 3.8) is 0 Å². The summed E-state index contributed by atoms with van der Waals surface area (Å²) in [6.07, 6.45) is 5.35. The molecular weight excluding hydrogens is 406 g/mol. The lowest BCUT2D eigenvalue weighted by atomic mass is 10.2. The van der Waals surface area contributed by atoms with Gasteiger partial charge in [-0.05, 0) is 71.5 Å². The molecular formula is C21H28ClN5OS. The zero-order valence-electron chi connectivity index (χ0n) is 17.4. The van der Waals surface area contributed by atoms with Crippen LogP contribution in [0, 0.1) is 0 Å². The van der Waals surface area contributed by atoms with E-state index in [2.05, 4.69) is 28.1 Å². The van der Waals surface area contributed by atoms with Crippen molar-refractivity contribution in [1.29, 1.82) is 0 Å². The molecule has 2 aromatic rings. The van der Waals surface area contributed by atoms with Crippen LogP contribution in [0.5, 0.6) is 0 Å². The van der Waals surface area contributed by atoms with Gasteiger partial charge in [-0.25, -0.2) is 0 Å². The third-order valence-electron chi connectivity index (χ3n) is 5.20. The maximum Gasteiger partial charge on any atom is 0.237 e. The summed E-state index contributed by atoms with van der Waals surface area (Å²) in [5.74, 6) is 1.27. The number of nitrogens with zero attached hydrogens (tertiary/aromatic N) is 5. The second kappa shape index (κ2) is 9.78. The molecule has 1 aromatic heterocycles. The zero-order valence-corrected chi connectivity index (χ0v) is 19.0. The number of halogens is 1. The van der Waals surface area contributed by atoms with Crippen LogP contribution in [0.1, 0.15) is 45.0 Å². The van der Waals surface area contributed by atoms with Crippen molar-refractivity contribution >= 4 is 29.3 Å². The molecule has 3 rings (SSSR count). The molecule has 0 N–H and O–H groups in total. The molecule has 6 nitrogen and oxygen atoms in total. The van der Waals surface area contributed by atoms with E-state index in [-0.39, 0.29) is 11.9 Å². The zero-order chi connectivity index (χ0) is 21.0. The molecule has 0 saturated carbocycles. The Labute approximate surface area is 181 Å². The minimum absolute atomic E-state index is 0.0685. The summed E-state index contributed by atoms with van der Waals surface area (Å²) in [5.41, 5.74) is 2.09. The molecule has 1 atom stereocenters. The van der Waals surface area contributed by atoms with Gasteiger partial charge in [-0.1, -0.05) is 29.4 Å². The van der Waals surface area contributed by atoms with E-state index in [9.17, 15) is 4.79 Å². The predicted molar refractivity (Wildman–Crippen MR) is 119 cm³/mol. The summed E-state index contributed by atoms with van der Waals surface area (Å²) < 4.78 is 2.02. The highest BCUT2D eigenvalue weighted by atomic mass is 35.5. The number of rotatable bonds is 8. The maximum atomic E-state index is 12.9. The van der Waals surface area contributed by atoms with E-state index in [0.717, 1.165) is 36.5 Å². The van der Waals surface area contributed by atoms with Crippen LogP contribution in [0.4, 0.5) is 0 Å². The van der Waals surface area contributed by atoms with Crippen LogP contribution >= 0.6 is 23.4 Å². The number of carbonyl (C=O) groups excluding carboxylic acids is 1. The Morgan fingerprint density at radius 1 is 1.28 bits per heavy atom. The van der Waals surface area contributed by atoms with E-state index in [1.165, 1.54) is 11.8 Å². The van der Waals surface area contributed by atoms with Gasteiger partial charge in [0.1, 0.15) is 0 Å². The molecule has 156 valence electrons. The molecule has 1 heterocycles. The van der Waals surface area contributed by atoms with Crippen molar-refractivity contribution in [3.8, 4) is 5.69 Å². The van der Waals surface area contributed by atoms with E-state index in [0.29, 0.717) is 22.5 Å². The monoisotopic (exact) mass is 433 g/mol. The molecule has 1 amide bonds. The molecule has 1 aromatic carbocycles. The Balaban J connectivity index is 1.85. The summed E-state index contributed by atoms with van der Waals surface area (Å²) in [4.78, 5) is 16.8. The largest absolute Gasteiger partial charge is 0.316 e. The van der Waals surface area contributed by atoms with E-state index in [1.807, 2.05) is 54.8 Å². The number of benzene rings is 1. The average molecular weight is 434 g/mol. The minimum Gasteiger partial charge on any atom is -0.316 e. The van der Waals surface area contributed by atoms with Crippen LogP contribution in [0.2, 0.25) is 5.02 Å². The summed E-state index contributed by atoms with van der Waals surface area (Å²) in [6, 6.07) is 7.67. The van der Waals surface area contributed by atoms with Crippen LogP contribution in [0.15, 0.2) is 41.2 Å². The van der Waals surface area contributed by atoms with Gasteiger partial charge < -0.3 is 4.90 Å². The van der Waals surface area contributed by atoms with Crippen molar-refractivity contribution in [3.05, 3.63) is 46.9 Å². The number of hydrogen-bond donors (Lipinski definition) is 0. The topological polar surface area (TPSA) is 54.3 Å². The van der Waals surface area contributed by atoms with Crippen molar-refractivity contribution in [2.45, 2.75) is 44.3 Å². The van der Waals surface area contributed by atoms with Gasteiger partial charge in [-0.15, -0.1) is 10.2 Å². The van der Waals surface area contributed by atoms with Gasteiger partial charge in [0.05, 0.1) is 11.8 Å². The minimum atomic E-state index is 0.0685. The van der Waals surface area contributed by atoms with Crippen molar-refractivity contribution in [1.82, 2.24) is 24.6 Å². The number of amides is 1. The first-order valence-corrected chi connectivity index (χ1v) is 11.3. The second-order valence-corrected chi connectivity index (χ2v) is 8.69. The SMILES string of the molecule is CCN(C(=O)CSc1nnc(C(C)N(C)C)n1-c1ccc(Cl)cc1)C1=CCCC1. The Bertz CT molecular complexity index is 878. The van der Waals surface area contributed by atoms with E-state index in [1.54, 1.807) is 0 Å². The number of aromatic nitrogens is 3. The quantitative estimate of drug-likeness (QED) is 0.571. The van der Waals surface area contributed by atoms with Crippen molar-refractivity contribution in [2.24, 2.45) is 0 Å². The normalized spacial score (nSPS) is 14.9. The molecule has 0 bridgehead atoms. The van der Waals surface area contributed by atoms with Gasteiger partial charge in [-0.2, -0.15) is 0 Å². The molecule has 29 heavy (non-hydrogen) atoms. The fourth-order valence-corrected chi connectivity index (χ4v) is 4.31. The molecule has 0 fully saturated rings. The van der Waals surface area contributed by atoms with Gasteiger partial charge in [0.15, 0.2) is 11.0 Å². The number of allylic oxidation sites excluding steroid dienone is 2. The van der Waals surface area contributed by atoms with Crippen LogP contribution in [-0.2, 0) is 4.79 Å². The Morgan fingerprint density at radius 3 is 2.59 bits per heavy atom. The summed E-state index contributed by atoms with van der Waals surface area (Å²) in [6.45, 7) is 4.80. The van der Waals surface area contributed by atoms with Gasteiger partial charge in [-0.3, -0.25) is 14.3 Å². The molecule has 0 spiro atoms. The van der Waals surface area contributed by atoms with Gasteiger partial charge in [0.25, 0.3) is 0 Å². The van der Waals surface area contributed by atoms with Crippen LogP contribution in [-0.4, -0.2) is 56.9 Å². The fraction of sp³-hybridized carbons (Fsp3) is 0.476. The Morgan fingerprint density at radius 2 is 2.00 bits per heavy atom. The molecule has 1 aliphatic rings. The summed E-state index contributed by atoms with van der Waals surface area (Å²) >= 11 is 7.50. The summed E-state index contributed by atoms with van der Waals surface area (Å²) in [7, 11) is 4.02. The first kappa shape index (κ1) is 21.9. The molecule has 0 radical (unpaired) electrons. The number of thioether (sulfide) groups is 1. The number of hydrogen-bond acceptors (Lipinski definition) is 5. The first-order chi connectivity index (χ1) is 13.9. The molecule has 0 aliphatic heterocycles. The summed E-state index contributed by atoms with van der Waals surface area (Å²) in [5, 5.41) is 10.2. The van der Waals surface area contributed by atoms with Crippen molar-refractivity contribution < 1.29 is 4.79 Å². The molecule has 0 saturated heterocycles. The Hall–Kier alpha value is -1.83. The average Bonchev–Trinajstić information content (AvgIpc) is 3.37. The van der Waals surface area contributed by atoms with Crippen LogP contribution < -0.4 is 0 Å². The van der Waals surface area contributed by atoms with E-state index < -0.39 is 0 Å². The Kier molecular flexibility index (Phi) is 7.38. The third kappa shape index (κ3) is 5.02. The smallest absolute Gasteiger partial charge is 0.237 e. The molecule has 1 unspecified atom stereocenters. The fourth-order valence-electron chi connectivity index (χ4n) is 3.35. The van der Waals surface area contributed by atoms with Crippen molar-refractivity contribution in [2.75, 3.05) is 26.4 Å².